The van der Waals surface area contributed by atoms with Crippen molar-refractivity contribution >= 4 is 0 Å². The molecule has 2 N–H and O–H groups in total. The van der Waals surface area contributed by atoms with Gasteiger partial charge in [0.2, 0.25) is 0 Å². The molecule has 0 aromatic rings. The van der Waals surface area contributed by atoms with Gasteiger partial charge in [-0.2, -0.15) is 0 Å². The molecular weight excluding hydrogens is 248 g/mol. The highest BCUT2D eigenvalue weighted by atomic mass is 16.5. The molecule has 0 aromatic heterocycles. The van der Waals surface area contributed by atoms with Crippen LogP contribution >= 0.6 is 0 Å². The van der Waals surface area contributed by atoms with Crippen LogP contribution in [0.2, 0.25) is 0 Å². The van der Waals surface area contributed by atoms with E-state index in [0.29, 0.717) is 0 Å². The Kier molecular flexibility index (Phi) is 8.74. The minimum atomic E-state index is 0.286. The van der Waals surface area contributed by atoms with Gasteiger partial charge in [0.05, 0.1) is 0 Å². The van der Waals surface area contributed by atoms with E-state index < -0.39 is 0 Å². The number of unbranched alkanes of at least 4 members (excludes halogenated alkanes) is 1. The summed E-state index contributed by atoms with van der Waals surface area (Å²) in [7, 11) is 1.79. The molecule has 3 heteroatoms. The number of hydrogen-bond donors (Lipinski definition) is 1. The second-order valence-electron chi connectivity index (χ2n) is 6.47. The van der Waals surface area contributed by atoms with Crippen molar-refractivity contribution in [2.24, 2.45) is 11.7 Å². The third-order valence-electron chi connectivity index (χ3n) is 5.18. The fourth-order valence-electron chi connectivity index (χ4n) is 3.68. The number of ether oxygens (including phenoxy) is 1. The normalized spacial score (nSPS) is 27.1. The molecule has 1 aliphatic rings. The van der Waals surface area contributed by atoms with E-state index in [0.717, 1.165) is 25.5 Å². The van der Waals surface area contributed by atoms with Crippen LogP contribution in [0.3, 0.4) is 0 Å². The van der Waals surface area contributed by atoms with E-state index >= 15 is 0 Å². The molecule has 0 saturated heterocycles. The second kappa shape index (κ2) is 9.75. The first kappa shape index (κ1) is 17.9. The van der Waals surface area contributed by atoms with Crippen LogP contribution in [0.25, 0.3) is 0 Å². The van der Waals surface area contributed by atoms with Gasteiger partial charge in [0.25, 0.3) is 0 Å². The van der Waals surface area contributed by atoms with E-state index in [9.17, 15) is 0 Å². The minimum absolute atomic E-state index is 0.286. The van der Waals surface area contributed by atoms with Crippen molar-refractivity contribution in [3.63, 3.8) is 0 Å². The summed E-state index contributed by atoms with van der Waals surface area (Å²) in [6.07, 6.45) is 10.3. The van der Waals surface area contributed by atoms with E-state index in [4.69, 9.17) is 10.5 Å². The molecule has 0 bridgehead atoms. The predicted octanol–water partition coefficient (Wildman–Crippen LogP) is 3.42. The number of nitrogens with two attached hydrogens (primary N) is 1. The zero-order chi connectivity index (χ0) is 14.8. The molecule has 0 amide bonds. The average molecular weight is 284 g/mol. The van der Waals surface area contributed by atoms with Crippen LogP contribution < -0.4 is 5.73 Å². The number of hydrogen-bond acceptors (Lipinski definition) is 3. The van der Waals surface area contributed by atoms with E-state index in [2.05, 4.69) is 18.7 Å². The van der Waals surface area contributed by atoms with Gasteiger partial charge in [-0.3, -0.25) is 4.90 Å². The van der Waals surface area contributed by atoms with Crippen LogP contribution in [0.15, 0.2) is 0 Å². The summed E-state index contributed by atoms with van der Waals surface area (Å²) in [5, 5.41) is 0. The van der Waals surface area contributed by atoms with Gasteiger partial charge in [0, 0.05) is 25.8 Å². The highest BCUT2D eigenvalue weighted by Crippen LogP contribution is 2.37. The molecule has 0 heterocycles. The summed E-state index contributed by atoms with van der Waals surface area (Å²) in [5.41, 5.74) is 6.51. The van der Waals surface area contributed by atoms with Crippen molar-refractivity contribution in [1.82, 2.24) is 4.90 Å². The molecule has 0 spiro atoms. The molecule has 0 unspecified atom stereocenters. The Morgan fingerprint density at radius 3 is 2.35 bits per heavy atom. The van der Waals surface area contributed by atoms with Gasteiger partial charge in [-0.05, 0) is 64.0 Å². The lowest BCUT2D eigenvalue weighted by atomic mass is 9.74. The molecule has 120 valence electrons. The molecule has 1 fully saturated rings. The molecule has 20 heavy (non-hydrogen) atoms. The molecule has 1 rings (SSSR count). The van der Waals surface area contributed by atoms with Gasteiger partial charge >= 0.3 is 0 Å². The topological polar surface area (TPSA) is 38.5 Å². The maximum Gasteiger partial charge on any atom is 0.0462 e. The van der Waals surface area contributed by atoms with Gasteiger partial charge in [-0.1, -0.05) is 20.3 Å². The molecule has 0 aromatic carbocycles. The molecule has 0 atom stereocenters. The smallest absolute Gasteiger partial charge is 0.0462 e. The van der Waals surface area contributed by atoms with Crippen LogP contribution in [0.1, 0.15) is 65.2 Å². The predicted molar refractivity (Wildman–Crippen MR) is 87.0 cm³/mol. The van der Waals surface area contributed by atoms with Crippen molar-refractivity contribution in [3.05, 3.63) is 0 Å². The van der Waals surface area contributed by atoms with E-state index in [1.54, 1.807) is 7.11 Å². The van der Waals surface area contributed by atoms with Crippen molar-refractivity contribution in [2.75, 3.05) is 33.4 Å². The Morgan fingerprint density at radius 1 is 1.15 bits per heavy atom. The molecule has 3 nitrogen and oxygen atoms in total. The summed E-state index contributed by atoms with van der Waals surface area (Å²) in [5.74, 6) is 0.937. The Labute approximate surface area is 126 Å². The second-order valence-corrected chi connectivity index (χ2v) is 6.47. The lowest BCUT2D eigenvalue weighted by Gasteiger charge is -2.48. The maximum absolute atomic E-state index is 6.22. The summed E-state index contributed by atoms with van der Waals surface area (Å²) in [4.78, 5) is 2.70. The Hall–Kier alpha value is -0.120. The summed E-state index contributed by atoms with van der Waals surface area (Å²) >= 11 is 0. The highest BCUT2D eigenvalue weighted by Gasteiger charge is 2.38. The van der Waals surface area contributed by atoms with E-state index in [1.165, 1.54) is 58.0 Å². The van der Waals surface area contributed by atoms with Crippen molar-refractivity contribution < 1.29 is 4.74 Å². The largest absolute Gasteiger partial charge is 0.385 e. The quantitative estimate of drug-likeness (QED) is 0.625. The van der Waals surface area contributed by atoms with Crippen LogP contribution in [0.4, 0.5) is 0 Å². The molecule has 1 saturated carbocycles. The lowest BCUT2D eigenvalue weighted by Crippen LogP contribution is -2.56. The summed E-state index contributed by atoms with van der Waals surface area (Å²) in [6, 6.07) is 0. The minimum Gasteiger partial charge on any atom is -0.385 e. The van der Waals surface area contributed by atoms with Crippen LogP contribution in [0.5, 0.6) is 0 Å². The molecule has 0 aliphatic heterocycles. The maximum atomic E-state index is 6.22. The number of rotatable bonds is 10. The zero-order valence-corrected chi connectivity index (χ0v) is 14.0. The van der Waals surface area contributed by atoms with E-state index in [-0.39, 0.29) is 5.54 Å². The van der Waals surface area contributed by atoms with Gasteiger partial charge in [0.1, 0.15) is 0 Å². The lowest BCUT2D eigenvalue weighted by molar-refractivity contribution is 0.0384. The van der Waals surface area contributed by atoms with Gasteiger partial charge in [-0.15, -0.1) is 0 Å². The third kappa shape index (κ3) is 5.01. The highest BCUT2D eigenvalue weighted by molar-refractivity contribution is 4.95. The van der Waals surface area contributed by atoms with Crippen LogP contribution in [-0.4, -0.2) is 43.8 Å². The summed E-state index contributed by atoms with van der Waals surface area (Å²) < 4.78 is 5.17. The Morgan fingerprint density at radius 2 is 1.85 bits per heavy atom. The van der Waals surface area contributed by atoms with Crippen molar-refractivity contribution in [1.29, 1.82) is 0 Å². The van der Waals surface area contributed by atoms with Crippen molar-refractivity contribution in [2.45, 2.75) is 70.8 Å². The molecule has 1 aliphatic carbocycles. The van der Waals surface area contributed by atoms with Crippen molar-refractivity contribution in [3.8, 4) is 0 Å². The monoisotopic (exact) mass is 284 g/mol. The van der Waals surface area contributed by atoms with Crippen LogP contribution in [0, 0.1) is 5.92 Å². The van der Waals surface area contributed by atoms with Crippen LogP contribution in [-0.2, 0) is 4.74 Å². The Balaban J connectivity index is 2.56. The molecular formula is C17H36N2O. The fourth-order valence-corrected chi connectivity index (χ4v) is 3.68. The number of nitrogens with zero attached hydrogens (tertiary/aromatic N) is 1. The first-order valence-electron chi connectivity index (χ1n) is 8.66. The first-order valence-corrected chi connectivity index (χ1v) is 8.66. The zero-order valence-electron chi connectivity index (χ0n) is 14.0. The number of methoxy groups -OCH3 is 1. The van der Waals surface area contributed by atoms with E-state index in [1.807, 2.05) is 0 Å². The SMILES string of the molecule is CCCN(CCCCOC)C1(CN)CCC(CC)CC1. The third-order valence-corrected chi connectivity index (χ3v) is 5.18. The Bertz CT molecular complexity index is 237. The van der Waals surface area contributed by atoms with Gasteiger partial charge < -0.3 is 10.5 Å². The average Bonchev–Trinajstić information content (AvgIpc) is 2.50. The summed E-state index contributed by atoms with van der Waals surface area (Å²) in [6.45, 7) is 8.70. The van der Waals surface area contributed by atoms with Gasteiger partial charge in [0.15, 0.2) is 0 Å². The standard InChI is InChI=1S/C17H36N2O/c1-4-12-19(13-6-7-14-20-3)17(15-18)10-8-16(5-2)9-11-17/h16H,4-15,18H2,1-3H3. The molecule has 0 radical (unpaired) electrons. The first-order chi connectivity index (χ1) is 9.72. The van der Waals surface area contributed by atoms with Gasteiger partial charge in [-0.25, -0.2) is 0 Å². The fraction of sp³-hybridized carbons (Fsp3) is 1.00.